The minimum Gasteiger partial charge on any atom is -0.328 e. The summed E-state index contributed by atoms with van der Waals surface area (Å²) in [7, 11) is 2.03. The summed E-state index contributed by atoms with van der Waals surface area (Å²) in [5.41, 5.74) is 3.43. The summed E-state index contributed by atoms with van der Waals surface area (Å²) in [4.78, 5) is 3.39. The number of aromatic amines is 1. The lowest BCUT2D eigenvalue weighted by Gasteiger charge is -2.29. The van der Waals surface area contributed by atoms with E-state index in [1.54, 1.807) is 0 Å². The fraction of sp³-hybridized carbons (Fsp3) is 0.733. The summed E-state index contributed by atoms with van der Waals surface area (Å²) in [6.45, 7) is 4.45. The van der Waals surface area contributed by atoms with Crippen LogP contribution < -0.4 is 0 Å². The molecule has 1 saturated carbocycles. The zero-order valence-corrected chi connectivity index (χ0v) is 13.5. The number of imidazole rings is 1. The van der Waals surface area contributed by atoms with Crippen molar-refractivity contribution >= 4 is 23.4 Å². The van der Waals surface area contributed by atoms with Gasteiger partial charge in [0, 0.05) is 13.1 Å². The van der Waals surface area contributed by atoms with Gasteiger partial charge < -0.3 is 4.98 Å². The van der Waals surface area contributed by atoms with Gasteiger partial charge in [-0.05, 0) is 37.4 Å². The van der Waals surface area contributed by atoms with Gasteiger partial charge in [0.05, 0.1) is 5.69 Å². The Morgan fingerprint density at radius 1 is 1.35 bits per heavy atom. The van der Waals surface area contributed by atoms with Crippen LogP contribution in [0.5, 0.6) is 0 Å². The van der Waals surface area contributed by atoms with Gasteiger partial charge in [0.1, 0.15) is 5.52 Å². The highest BCUT2D eigenvalue weighted by atomic mass is 32.1. The van der Waals surface area contributed by atoms with E-state index in [1.807, 2.05) is 11.7 Å². The fourth-order valence-electron chi connectivity index (χ4n) is 3.69. The number of fused-ring (bicyclic) bond motifs is 1. The third kappa shape index (κ3) is 2.12. The number of aromatic nitrogens is 4. The van der Waals surface area contributed by atoms with Crippen molar-refractivity contribution < 1.29 is 0 Å². The Bertz CT molecular complexity index is 663. The molecule has 3 rings (SSSR count). The highest BCUT2D eigenvalue weighted by Gasteiger charge is 2.26. The van der Waals surface area contributed by atoms with E-state index in [0.717, 1.165) is 28.3 Å². The van der Waals surface area contributed by atoms with E-state index in [-0.39, 0.29) is 0 Å². The zero-order valence-electron chi connectivity index (χ0n) is 12.6. The van der Waals surface area contributed by atoms with E-state index < -0.39 is 0 Å². The van der Waals surface area contributed by atoms with Crippen LogP contribution in [-0.2, 0) is 13.5 Å². The van der Waals surface area contributed by atoms with Crippen LogP contribution >= 0.6 is 12.2 Å². The average Bonchev–Trinajstić information content (AvgIpc) is 2.95. The largest absolute Gasteiger partial charge is 0.328 e. The van der Waals surface area contributed by atoms with Crippen LogP contribution in [0.25, 0.3) is 11.2 Å². The van der Waals surface area contributed by atoms with Crippen LogP contribution in [-0.4, -0.2) is 19.3 Å². The lowest BCUT2D eigenvalue weighted by atomic mass is 9.84. The number of rotatable bonds is 3. The maximum Gasteiger partial charge on any atom is 0.179 e. The van der Waals surface area contributed by atoms with Crippen molar-refractivity contribution in [1.29, 1.82) is 0 Å². The highest BCUT2D eigenvalue weighted by molar-refractivity contribution is 7.71. The molecule has 0 amide bonds. The minimum atomic E-state index is 0.537. The molecular formula is C15H24N4S. The van der Waals surface area contributed by atoms with Crippen molar-refractivity contribution in [1.82, 2.24) is 19.3 Å². The van der Waals surface area contributed by atoms with E-state index >= 15 is 0 Å². The molecule has 0 aromatic carbocycles. The summed E-state index contributed by atoms with van der Waals surface area (Å²) in [5.74, 6) is 0.847. The predicted molar refractivity (Wildman–Crippen MR) is 84.6 cm³/mol. The molecule has 2 aromatic rings. The van der Waals surface area contributed by atoms with Crippen LogP contribution in [0.4, 0.5) is 0 Å². The van der Waals surface area contributed by atoms with Crippen LogP contribution in [0.15, 0.2) is 0 Å². The van der Waals surface area contributed by atoms with Crippen molar-refractivity contribution in [3.05, 3.63) is 10.5 Å². The smallest absolute Gasteiger partial charge is 0.179 e. The van der Waals surface area contributed by atoms with Gasteiger partial charge >= 0.3 is 0 Å². The third-order valence-corrected chi connectivity index (χ3v) is 5.10. The molecule has 1 aliphatic rings. The van der Waals surface area contributed by atoms with Crippen molar-refractivity contribution in [2.24, 2.45) is 13.0 Å². The zero-order chi connectivity index (χ0) is 14.3. The van der Waals surface area contributed by atoms with Crippen molar-refractivity contribution in [3.63, 3.8) is 0 Å². The number of hydrogen-bond donors (Lipinski definition) is 1. The molecule has 5 heteroatoms. The SMILES string of the molecule is CCc1nn(C)c2c1[nH]c(=S)n2C1CCCC(CC)C1. The summed E-state index contributed by atoms with van der Waals surface area (Å²) in [6.07, 6.45) is 7.41. The molecule has 2 heterocycles. The van der Waals surface area contributed by atoms with Gasteiger partial charge in [-0.3, -0.25) is 9.25 Å². The fourth-order valence-corrected chi connectivity index (χ4v) is 4.03. The molecule has 0 spiro atoms. The Morgan fingerprint density at radius 2 is 2.15 bits per heavy atom. The summed E-state index contributed by atoms with van der Waals surface area (Å²) < 4.78 is 5.19. The van der Waals surface area contributed by atoms with Crippen LogP contribution in [0.1, 0.15) is 57.7 Å². The molecule has 1 aliphatic carbocycles. The Morgan fingerprint density at radius 3 is 2.85 bits per heavy atom. The normalized spacial score (nSPS) is 23.6. The molecule has 20 heavy (non-hydrogen) atoms. The van der Waals surface area contributed by atoms with Gasteiger partial charge in [0.25, 0.3) is 0 Å². The molecule has 0 bridgehead atoms. The Hall–Kier alpha value is -1.10. The van der Waals surface area contributed by atoms with Crippen molar-refractivity contribution in [2.75, 3.05) is 0 Å². The standard InChI is InChI=1S/C15H24N4S/c1-4-10-7-6-8-11(9-10)19-14-13(16-15(19)20)12(5-2)17-18(14)3/h10-11H,4-9H2,1-3H3,(H,16,20). The topological polar surface area (TPSA) is 38.5 Å². The molecule has 2 unspecified atom stereocenters. The number of H-pyrrole nitrogens is 1. The second kappa shape index (κ2) is 5.35. The highest BCUT2D eigenvalue weighted by Crippen LogP contribution is 2.36. The van der Waals surface area contributed by atoms with E-state index in [0.29, 0.717) is 6.04 Å². The van der Waals surface area contributed by atoms with Crippen molar-refractivity contribution in [2.45, 2.75) is 58.4 Å². The average molecular weight is 292 g/mol. The Labute approximate surface area is 125 Å². The quantitative estimate of drug-likeness (QED) is 0.864. The maximum absolute atomic E-state index is 5.60. The second-order valence-electron chi connectivity index (χ2n) is 6.02. The molecule has 4 nitrogen and oxygen atoms in total. The van der Waals surface area contributed by atoms with Gasteiger partial charge in [0.2, 0.25) is 0 Å². The number of hydrogen-bond acceptors (Lipinski definition) is 2. The van der Waals surface area contributed by atoms with Crippen LogP contribution in [0.3, 0.4) is 0 Å². The Kier molecular flexibility index (Phi) is 3.71. The summed E-state index contributed by atoms with van der Waals surface area (Å²) in [6, 6.07) is 0.537. The number of nitrogens with zero attached hydrogens (tertiary/aromatic N) is 3. The number of aryl methyl sites for hydroxylation is 2. The second-order valence-corrected chi connectivity index (χ2v) is 6.40. The molecule has 0 radical (unpaired) electrons. The first-order valence-corrected chi connectivity index (χ1v) is 8.22. The van der Waals surface area contributed by atoms with Gasteiger partial charge in [-0.25, -0.2) is 0 Å². The lowest BCUT2D eigenvalue weighted by Crippen LogP contribution is -2.20. The van der Waals surface area contributed by atoms with Crippen LogP contribution in [0.2, 0.25) is 0 Å². The molecule has 110 valence electrons. The molecule has 0 aliphatic heterocycles. The minimum absolute atomic E-state index is 0.537. The lowest BCUT2D eigenvalue weighted by molar-refractivity contribution is 0.262. The van der Waals surface area contributed by atoms with Gasteiger partial charge in [0.15, 0.2) is 10.4 Å². The van der Waals surface area contributed by atoms with E-state index in [1.165, 1.54) is 37.8 Å². The molecule has 0 saturated heterocycles. The molecule has 2 atom stereocenters. The first-order valence-electron chi connectivity index (χ1n) is 7.81. The molecular weight excluding hydrogens is 268 g/mol. The third-order valence-electron chi connectivity index (χ3n) is 4.80. The number of nitrogens with one attached hydrogen (secondary N) is 1. The van der Waals surface area contributed by atoms with E-state index in [9.17, 15) is 0 Å². The van der Waals surface area contributed by atoms with Crippen molar-refractivity contribution in [3.8, 4) is 0 Å². The predicted octanol–water partition coefficient (Wildman–Crippen LogP) is 4.14. The monoisotopic (exact) mass is 292 g/mol. The summed E-state index contributed by atoms with van der Waals surface area (Å²) in [5, 5.41) is 4.62. The van der Waals surface area contributed by atoms with Crippen LogP contribution in [0, 0.1) is 10.7 Å². The molecule has 2 aromatic heterocycles. The van der Waals surface area contributed by atoms with Gasteiger partial charge in [-0.2, -0.15) is 5.10 Å². The van der Waals surface area contributed by atoms with E-state index in [2.05, 4.69) is 28.5 Å². The maximum atomic E-state index is 5.60. The summed E-state index contributed by atoms with van der Waals surface area (Å²) >= 11 is 5.60. The Balaban J connectivity index is 2.09. The van der Waals surface area contributed by atoms with Gasteiger partial charge in [-0.15, -0.1) is 0 Å². The van der Waals surface area contributed by atoms with E-state index in [4.69, 9.17) is 12.2 Å². The first-order chi connectivity index (χ1) is 9.65. The first kappa shape index (κ1) is 13.9. The molecule has 1 N–H and O–H groups in total. The molecule has 1 fully saturated rings. The van der Waals surface area contributed by atoms with Gasteiger partial charge in [-0.1, -0.05) is 33.1 Å².